The summed E-state index contributed by atoms with van der Waals surface area (Å²) in [4.78, 5) is 34.7. The third-order valence-electron chi connectivity index (χ3n) is 6.81. The van der Waals surface area contributed by atoms with Crippen LogP contribution in [-0.2, 0) is 6.42 Å². The third kappa shape index (κ3) is 5.07. The molecule has 0 radical (unpaired) electrons. The fraction of sp³-hybridized carbons (Fsp3) is 0.333. The van der Waals surface area contributed by atoms with E-state index in [9.17, 15) is 14.7 Å². The van der Waals surface area contributed by atoms with E-state index in [4.69, 9.17) is 5.73 Å². The molecule has 2 aliphatic rings. The molecule has 0 saturated carbocycles. The lowest BCUT2D eigenvalue weighted by molar-refractivity contribution is 0.0857. The zero-order chi connectivity index (χ0) is 25.1. The van der Waals surface area contributed by atoms with E-state index in [1.807, 2.05) is 24.3 Å². The maximum absolute atomic E-state index is 13.1. The fourth-order valence-electron chi connectivity index (χ4n) is 4.89. The molecule has 1 aromatic heterocycles. The van der Waals surface area contributed by atoms with Crippen LogP contribution in [0.25, 0.3) is 11.3 Å². The Labute approximate surface area is 209 Å². The predicted octanol–water partition coefficient (Wildman–Crippen LogP) is 1.99. The largest absolute Gasteiger partial charge is 0.390 e. The summed E-state index contributed by atoms with van der Waals surface area (Å²) in [6, 6.07) is 14.2. The van der Waals surface area contributed by atoms with Crippen LogP contribution in [0.1, 0.15) is 57.3 Å². The Hall–Kier alpha value is -3.82. The molecule has 1 aliphatic heterocycles. The minimum absolute atomic E-state index is 0.00736. The van der Waals surface area contributed by atoms with Crippen molar-refractivity contribution in [2.45, 2.75) is 43.9 Å². The van der Waals surface area contributed by atoms with Gasteiger partial charge < -0.3 is 26.8 Å². The lowest BCUT2D eigenvalue weighted by atomic mass is 10.1. The molecule has 0 unspecified atom stereocenters. The molecule has 0 spiro atoms. The van der Waals surface area contributed by atoms with E-state index in [0.717, 1.165) is 36.9 Å². The Morgan fingerprint density at radius 1 is 1.06 bits per heavy atom. The number of aromatic nitrogens is 2. The number of aliphatic hydroxyl groups excluding tert-OH is 1. The molecule has 9 heteroatoms. The average molecular weight is 487 g/mol. The van der Waals surface area contributed by atoms with E-state index in [1.54, 1.807) is 24.3 Å². The fourth-order valence-corrected chi connectivity index (χ4v) is 4.89. The van der Waals surface area contributed by atoms with Crippen molar-refractivity contribution < 1.29 is 14.7 Å². The quantitative estimate of drug-likeness (QED) is 0.371. The molecule has 36 heavy (non-hydrogen) atoms. The maximum atomic E-state index is 13.1. The number of carbonyl (C=O) groups is 2. The predicted molar refractivity (Wildman–Crippen MR) is 136 cm³/mol. The highest BCUT2D eigenvalue weighted by atomic mass is 16.3. The molecular weight excluding hydrogens is 456 g/mol. The number of amides is 2. The number of nitrogens with one attached hydrogen (secondary N) is 3. The number of hydrogen-bond acceptors (Lipinski definition) is 7. The van der Waals surface area contributed by atoms with E-state index in [1.165, 1.54) is 6.20 Å². The normalized spacial score (nSPS) is 21.3. The van der Waals surface area contributed by atoms with E-state index in [0.29, 0.717) is 29.8 Å². The molecule has 1 saturated heterocycles. The maximum Gasteiger partial charge on any atom is 0.274 e. The minimum Gasteiger partial charge on any atom is -0.390 e. The number of benzene rings is 2. The summed E-state index contributed by atoms with van der Waals surface area (Å²) in [5.41, 5.74) is 9.50. The van der Waals surface area contributed by atoms with Gasteiger partial charge in [0.2, 0.25) is 0 Å². The highest BCUT2D eigenvalue weighted by Crippen LogP contribution is 2.31. The van der Waals surface area contributed by atoms with Gasteiger partial charge in [0.05, 0.1) is 24.0 Å². The van der Waals surface area contributed by atoms with Crippen LogP contribution in [0.5, 0.6) is 0 Å². The van der Waals surface area contributed by atoms with Crippen LogP contribution < -0.4 is 21.7 Å². The van der Waals surface area contributed by atoms with Gasteiger partial charge in [-0.1, -0.05) is 42.8 Å². The van der Waals surface area contributed by atoms with Gasteiger partial charge in [0.25, 0.3) is 11.8 Å². The molecule has 1 aliphatic carbocycles. The smallest absolute Gasteiger partial charge is 0.274 e. The first-order valence-electron chi connectivity index (χ1n) is 12.3. The molecule has 3 aromatic rings. The first-order chi connectivity index (χ1) is 17.5. The van der Waals surface area contributed by atoms with Crippen molar-refractivity contribution in [3.8, 4) is 11.3 Å². The highest BCUT2D eigenvalue weighted by Gasteiger charge is 2.32. The first-order valence-corrected chi connectivity index (χ1v) is 12.3. The summed E-state index contributed by atoms with van der Waals surface area (Å²) in [6.07, 6.45) is 4.33. The van der Waals surface area contributed by atoms with Crippen LogP contribution in [0, 0.1) is 0 Å². The van der Waals surface area contributed by atoms with Crippen LogP contribution in [-0.4, -0.2) is 52.1 Å². The lowest BCUT2D eigenvalue weighted by Crippen LogP contribution is -2.41. The number of fused-ring (bicyclic) bond motifs is 1. The standard InChI is InChI=1S/C27H30N6O3/c28-25-24(27(36)31-19-9-3-4-11-29-14-19)32-21(15-30-25)17-7-5-8-18(12-17)26(35)33-23-20-10-2-1-6-16(20)13-22(23)34/h1-2,5-8,10,12,15,19,22-23,29,34H,3-4,9,11,13-14H2,(H2,28,30)(H,31,36)(H,33,35)/t19-,22-,23-/m0/s1. The van der Waals surface area contributed by atoms with Crippen molar-refractivity contribution in [2.75, 3.05) is 18.8 Å². The van der Waals surface area contributed by atoms with Gasteiger partial charge in [0, 0.05) is 30.1 Å². The van der Waals surface area contributed by atoms with E-state index in [2.05, 4.69) is 25.9 Å². The summed E-state index contributed by atoms with van der Waals surface area (Å²) in [6.45, 7) is 1.65. The number of hydrogen-bond donors (Lipinski definition) is 5. The lowest BCUT2D eigenvalue weighted by Gasteiger charge is -2.18. The van der Waals surface area contributed by atoms with Crippen molar-refractivity contribution in [3.05, 3.63) is 77.1 Å². The SMILES string of the molecule is Nc1ncc(-c2cccc(C(=O)N[C@H]3c4ccccc4C[C@@H]3O)c2)nc1C(=O)N[C@H]1CCCCNC1. The molecule has 3 atom stereocenters. The molecule has 186 valence electrons. The Morgan fingerprint density at radius 3 is 2.81 bits per heavy atom. The number of anilines is 1. The number of nitrogens with two attached hydrogens (primary N) is 1. The Morgan fingerprint density at radius 2 is 1.92 bits per heavy atom. The third-order valence-corrected chi connectivity index (χ3v) is 6.81. The van der Waals surface area contributed by atoms with Crippen molar-refractivity contribution in [2.24, 2.45) is 0 Å². The molecule has 6 N–H and O–H groups in total. The van der Waals surface area contributed by atoms with Crippen LogP contribution in [0.3, 0.4) is 0 Å². The summed E-state index contributed by atoms with van der Waals surface area (Å²) in [5.74, 6) is -0.612. The van der Waals surface area contributed by atoms with Gasteiger partial charge in [0.15, 0.2) is 11.5 Å². The Kier molecular flexibility index (Phi) is 6.92. The topological polar surface area (TPSA) is 142 Å². The first kappa shape index (κ1) is 23.9. The number of aliphatic hydroxyl groups is 1. The molecule has 2 amide bonds. The van der Waals surface area contributed by atoms with Gasteiger partial charge in [-0.3, -0.25) is 9.59 Å². The van der Waals surface area contributed by atoms with Gasteiger partial charge in [-0.2, -0.15) is 0 Å². The minimum atomic E-state index is -0.678. The van der Waals surface area contributed by atoms with Gasteiger partial charge >= 0.3 is 0 Å². The summed E-state index contributed by atoms with van der Waals surface area (Å²) < 4.78 is 0. The van der Waals surface area contributed by atoms with Crippen LogP contribution in [0.15, 0.2) is 54.7 Å². The van der Waals surface area contributed by atoms with E-state index < -0.39 is 12.1 Å². The molecule has 1 fully saturated rings. The molecule has 9 nitrogen and oxygen atoms in total. The molecular formula is C27H30N6O3. The molecule has 2 heterocycles. The Balaban J connectivity index is 1.34. The average Bonchev–Trinajstić information content (AvgIpc) is 3.03. The van der Waals surface area contributed by atoms with Crippen LogP contribution >= 0.6 is 0 Å². The second-order valence-electron chi connectivity index (χ2n) is 9.36. The van der Waals surface area contributed by atoms with Crippen molar-refractivity contribution in [1.29, 1.82) is 0 Å². The number of nitrogen functional groups attached to an aromatic ring is 1. The van der Waals surface area contributed by atoms with Crippen LogP contribution in [0.4, 0.5) is 5.82 Å². The van der Waals surface area contributed by atoms with Gasteiger partial charge in [-0.15, -0.1) is 0 Å². The summed E-state index contributed by atoms with van der Waals surface area (Å²) >= 11 is 0. The van der Waals surface area contributed by atoms with Gasteiger partial charge in [0.1, 0.15) is 0 Å². The summed E-state index contributed by atoms with van der Waals surface area (Å²) in [5, 5.41) is 19.8. The van der Waals surface area contributed by atoms with Crippen molar-refractivity contribution in [1.82, 2.24) is 25.9 Å². The van der Waals surface area contributed by atoms with Crippen molar-refractivity contribution in [3.63, 3.8) is 0 Å². The Bertz CT molecular complexity index is 1270. The van der Waals surface area contributed by atoms with E-state index in [-0.39, 0.29) is 29.4 Å². The second kappa shape index (κ2) is 10.4. The monoisotopic (exact) mass is 486 g/mol. The van der Waals surface area contributed by atoms with Gasteiger partial charge in [-0.05, 0) is 42.6 Å². The molecule has 5 rings (SSSR count). The molecule has 0 bridgehead atoms. The number of nitrogens with zero attached hydrogens (tertiary/aromatic N) is 2. The summed E-state index contributed by atoms with van der Waals surface area (Å²) in [7, 11) is 0. The highest BCUT2D eigenvalue weighted by molar-refractivity contribution is 5.97. The zero-order valence-electron chi connectivity index (χ0n) is 19.9. The number of carbonyl (C=O) groups excluding carboxylic acids is 2. The van der Waals surface area contributed by atoms with E-state index >= 15 is 0 Å². The molecule has 2 aromatic carbocycles. The number of rotatable bonds is 5. The van der Waals surface area contributed by atoms with Crippen molar-refractivity contribution >= 4 is 17.6 Å². The van der Waals surface area contributed by atoms with Crippen LogP contribution in [0.2, 0.25) is 0 Å². The zero-order valence-corrected chi connectivity index (χ0v) is 19.9. The van der Waals surface area contributed by atoms with Gasteiger partial charge in [-0.25, -0.2) is 9.97 Å². The second-order valence-corrected chi connectivity index (χ2v) is 9.36.